The van der Waals surface area contributed by atoms with E-state index in [0.29, 0.717) is 35.5 Å². The van der Waals surface area contributed by atoms with E-state index < -0.39 is 0 Å². The van der Waals surface area contributed by atoms with Gasteiger partial charge < -0.3 is 15.2 Å². The first-order valence-electron chi connectivity index (χ1n) is 5.61. The van der Waals surface area contributed by atoms with Crippen LogP contribution in [0, 0.1) is 0 Å². The van der Waals surface area contributed by atoms with Crippen LogP contribution in [0.5, 0.6) is 5.75 Å². The van der Waals surface area contributed by atoms with E-state index in [0.717, 1.165) is 12.0 Å². The van der Waals surface area contributed by atoms with Crippen molar-refractivity contribution >= 4 is 23.2 Å². The van der Waals surface area contributed by atoms with Crippen molar-refractivity contribution < 1.29 is 9.84 Å². The second kappa shape index (κ2) is 7.77. The number of aliphatic hydroxyl groups is 1. The van der Waals surface area contributed by atoms with Crippen LogP contribution in [0.25, 0.3) is 0 Å². The molecule has 0 aliphatic carbocycles. The highest BCUT2D eigenvalue weighted by Crippen LogP contribution is 2.34. The van der Waals surface area contributed by atoms with Gasteiger partial charge in [0.25, 0.3) is 0 Å². The summed E-state index contributed by atoms with van der Waals surface area (Å²) >= 11 is 12.2. The van der Waals surface area contributed by atoms with Crippen molar-refractivity contribution in [2.75, 3.05) is 19.8 Å². The van der Waals surface area contributed by atoms with Gasteiger partial charge in [0.1, 0.15) is 0 Å². The van der Waals surface area contributed by atoms with E-state index >= 15 is 0 Å². The highest BCUT2D eigenvalue weighted by atomic mass is 35.5. The monoisotopic (exact) mass is 277 g/mol. The smallest absolute Gasteiger partial charge is 0.156 e. The van der Waals surface area contributed by atoms with Gasteiger partial charge in [0.15, 0.2) is 5.75 Å². The molecule has 0 fully saturated rings. The molecule has 3 nitrogen and oxygen atoms in total. The second-order valence-corrected chi connectivity index (χ2v) is 4.45. The first kappa shape index (κ1) is 14.6. The summed E-state index contributed by atoms with van der Waals surface area (Å²) in [4.78, 5) is 0. The molecule has 1 aromatic rings. The fraction of sp³-hybridized carbons (Fsp3) is 0.500. The first-order chi connectivity index (χ1) is 8.19. The number of halogens is 2. The lowest BCUT2D eigenvalue weighted by molar-refractivity contribution is 0.292. The van der Waals surface area contributed by atoms with E-state index in [1.54, 1.807) is 0 Å². The van der Waals surface area contributed by atoms with Gasteiger partial charge in [-0.3, -0.25) is 0 Å². The fourth-order valence-electron chi connectivity index (χ4n) is 1.37. The Morgan fingerprint density at radius 1 is 1.29 bits per heavy atom. The van der Waals surface area contributed by atoms with Gasteiger partial charge >= 0.3 is 0 Å². The second-order valence-electron chi connectivity index (χ2n) is 3.64. The Morgan fingerprint density at radius 3 is 2.47 bits per heavy atom. The average molecular weight is 278 g/mol. The molecule has 0 aliphatic rings. The van der Waals surface area contributed by atoms with Crippen molar-refractivity contribution in [3.8, 4) is 5.75 Å². The van der Waals surface area contributed by atoms with Crippen molar-refractivity contribution in [2.45, 2.75) is 19.9 Å². The molecule has 5 heteroatoms. The molecule has 0 saturated carbocycles. The summed E-state index contributed by atoms with van der Waals surface area (Å²) in [6, 6.07) is 3.64. The third-order valence-electron chi connectivity index (χ3n) is 2.13. The van der Waals surface area contributed by atoms with E-state index in [9.17, 15) is 0 Å². The van der Waals surface area contributed by atoms with E-state index in [-0.39, 0.29) is 6.61 Å². The van der Waals surface area contributed by atoms with Crippen LogP contribution < -0.4 is 10.1 Å². The third-order valence-corrected chi connectivity index (χ3v) is 2.69. The highest BCUT2D eigenvalue weighted by molar-refractivity contribution is 6.37. The fourth-order valence-corrected chi connectivity index (χ4v) is 2.01. The standard InChI is InChI=1S/C12H17Cl2NO2/c1-2-5-17-12-10(13)6-9(7-11(12)14)8-15-3-4-16/h6-7,15-16H,2-5,8H2,1H3. The average Bonchev–Trinajstić information content (AvgIpc) is 2.28. The predicted octanol–water partition coefficient (Wildman–Crippen LogP) is 2.86. The summed E-state index contributed by atoms with van der Waals surface area (Å²) in [5, 5.41) is 12.8. The van der Waals surface area contributed by atoms with Crippen molar-refractivity contribution in [2.24, 2.45) is 0 Å². The van der Waals surface area contributed by atoms with Gasteiger partial charge in [-0.05, 0) is 24.1 Å². The molecule has 1 rings (SSSR count). The maximum absolute atomic E-state index is 8.66. The Balaban J connectivity index is 2.71. The highest BCUT2D eigenvalue weighted by Gasteiger charge is 2.09. The molecule has 0 atom stereocenters. The van der Waals surface area contributed by atoms with Crippen LogP contribution in [0.15, 0.2) is 12.1 Å². The summed E-state index contributed by atoms with van der Waals surface area (Å²) in [5.41, 5.74) is 0.970. The number of hydrogen-bond acceptors (Lipinski definition) is 3. The lowest BCUT2D eigenvalue weighted by Gasteiger charge is -2.11. The number of benzene rings is 1. The molecule has 0 saturated heterocycles. The van der Waals surface area contributed by atoms with Gasteiger partial charge in [-0.15, -0.1) is 0 Å². The van der Waals surface area contributed by atoms with E-state index in [1.807, 2.05) is 19.1 Å². The van der Waals surface area contributed by atoms with E-state index in [4.69, 9.17) is 33.0 Å². The molecule has 0 spiro atoms. The molecule has 0 aliphatic heterocycles. The zero-order chi connectivity index (χ0) is 12.7. The van der Waals surface area contributed by atoms with Crippen LogP contribution in [-0.4, -0.2) is 24.9 Å². The number of ether oxygens (including phenoxy) is 1. The Hall–Kier alpha value is -0.480. The molecule has 2 N–H and O–H groups in total. The van der Waals surface area contributed by atoms with Crippen molar-refractivity contribution in [1.82, 2.24) is 5.32 Å². The first-order valence-corrected chi connectivity index (χ1v) is 6.37. The summed E-state index contributed by atoms with van der Waals surface area (Å²) in [5.74, 6) is 0.543. The number of aliphatic hydroxyl groups excluding tert-OH is 1. The van der Waals surface area contributed by atoms with E-state index in [1.165, 1.54) is 0 Å². The molecular weight excluding hydrogens is 261 g/mol. The molecule has 0 radical (unpaired) electrons. The molecule has 0 unspecified atom stereocenters. The zero-order valence-electron chi connectivity index (χ0n) is 9.80. The van der Waals surface area contributed by atoms with Gasteiger partial charge in [-0.2, -0.15) is 0 Å². The molecule has 0 heterocycles. The topological polar surface area (TPSA) is 41.5 Å². The molecule has 17 heavy (non-hydrogen) atoms. The van der Waals surface area contributed by atoms with Crippen LogP contribution in [0.2, 0.25) is 10.0 Å². The molecule has 0 aromatic heterocycles. The van der Waals surface area contributed by atoms with Gasteiger partial charge in [0.05, 0.1) is 23.3 Å². The van der Waals surface area contributed by atoms with Crippen LogP contribution in [0.4, 0.5) is 0 Å². The predicted molar refractivity (Wildman–Crippen MR) is 71.0 cm³/mol. The minimum absolute atomic E-state index is 0.110. The van der Waals surface area contributed by atoms with Gasteiger partial charge in [-0.25, -0.2) is 0 Å². The molecule has 0 bridgehead atoms. The molecule has 96 valence electrons. The molecule has 0 amide bonds. The third kappa shape index (κ3) is 4.72. The van der Waals surface area contributed by atoms with Crippen molar-refractivity contribution in [3.05, 3.63) is 27.7 Å². The SMILES string of the molecule is CCCOc1c(Cl)cc(CNCCO)cc1Cl. The van der Waals surface area contributed by atoms with Gasteiger partial charge in [-0.1, -0.05) is 30.1 Å². The summed E-state index contributed by atoms with van der Waals surface area (Å²) in [6.07, 6.45) is 0.909. The largest absolute Gasteiger partial charge is 0.490 e. The molecule has 1 aromatic carbocycles. The number of rotatable bonds is 7. The normalized spacial score (nSPS) is 10.6. The maximum Gasteiger partial charge on any atom is 0.156 e. The molecular formula is C12H17Cl2NO2. The quantitative estimate of drug-likeness (QED) is 0.753. The minimum Gasteiger partial charge on any atom is -0.490 e. The Labute approximate surface area is 112 Å². The minimum atomic E-state index is 0.110. The van der Waals surface area contributed by atoms with E-state index in [2.05, 4.69) is 5.32 Å². The summed E-state index contributed by atoms with van der Waals surface area (Å²) in [6.45, 7) is 3.90. The van der Waals surface area contributed by atoms with Crippen LogP contribution in [0.1, 0.15) is 18.9 Å². The number of hydrogen-bond donors (Lipinski definition) is 2. The Morgan fingerprint density at radius 2 is 1.94 bits per heavy atom. The Kier molecular flexibility index (Phi) is 6.66. The summed E-state index contributed by atoms with van der Waals surface area (Å²) < 4.78 is 5.47. The van der Waals surface area contributed by atoms with Crippen LogP contribution >= 0.6 is 23.2 Å². The van der Waals surface area contributed by atoms with Gasteiger partial charge in [0, 0.05) is 13.1 Å². The van der Waals surface area contributed by atoms with Crippen LogP contribution in [-0.2, 0) is 6.54 Å². The zero-order valence-corrected chi connectivity index (χ0v) is 11.3. The van der Waals surface area contributed by atoms with Gasteiger partial charge in [0.2, 0.25) is 0 Å². The van der Waals surface area contributed by atoms with Crippen LogP contribution in [0.3, 0.4) is 0 Å². The van der Waals surface area contributed by atoms with Crippen molar-refractivity contribution in [3.63, 3.8) is 0 Å². The summed E-state index contributed by atoms with van der Waals surface area (Å²) in [7, 11) is 0. The lowest BCUT2D eigenvalue weighted by atomic mass is 10.2. The van der Waals surface area contributed by atoms with Crippen molar-refractivity contribution in [1.29, 1.82) is 0 Å². The number of nitrogens with one attached hydrogen (secondary N) is 1. The Bertz CT molecular complexity index is 335. The lowest BCUT2D eigenvalue weighted by Crippen LogP contribution is -2.17. The maximum atomic E-state index is 8.66.